The quantitative estimate of drug-likeness (QED) is 0.427. The number of hydrogen-bond donors (Lipinski definition) is 0. The van der Waals surface area contributed by atoms with Gasteiger partial charge in [-0.3, -0.25) is 4.79 Å². The molecule has 0 aromatic heterocycles. The van der Waals surface area contributed by atoms with Gasteiger partial charge in [0.05, 0.1) is 12.8 Å². The van der Waals surface area contributed by atoms with Gasteiger partial charge in [0.25, 0.3) is 0 Å². The maximum atomic E-state index is 10.9. The fraction of sp³-hybridized carbons (Fsp3) is 0.273. The minimum atomic E-state index is -0.231. The van der Waals surface area contributed by atoms with E-state index in [9.17, 15) is 9.59 Å². The van der Waals surface area contributed by atoms with Crippen molar-refractivity contribution in [1.29, 1.82) is 0 Å². The van der Waals surface area contributed by atoms with Crippen molar-refractivity contribution in [3.05, 3.63) is 29.8 Å². The van der Waals surface area contributed by atoms with Crippen molar-refractivity contribution in [1.82, 2.24) is 0 Å². The highest BCUT2D eigenvalue weighted by Crippen LogP contribution is 2.13. The molecule has 4 nitrogen and oxygen atoms in total. The molecule has 0 radical (unpaired) electrons. The first-order valence-electron chi connectivity index (χ1n) is 4.50. The summed E-state index contributed by atoms with van der Waals surface area (Å²) in [6, 6.07) is 7.05. The summed E-state index contributed by atoms with van der Waals surface area (Å²) in [6.45, 7) is 0. The predicted octanol–water partition coefficient (Wildman–Crippen LogP) is 1.76. The first kappa shape index (κ1) is 11.1. The van der Waals surface area contributed by atoms with Crippen molar-refractivity contribution in [2.75, 3.05) is 7.11 Å². The molecule has 0 saturated carbocycles. The van der Waals surface area contributed by atoms with Gasteiger partial charge in [-0.1, -0.05) is 12.1 Å². The fourth-order valence-corrected chi connectivity index (χ4v) is 1.14. The van der Waals surface area contributed by atoms with E-state index in [1.54, 1.807) is 12.1 Å². The smallest absolute Gasteiger partial charge is 0.305 e. The lowest BCUT2D eigenvalue weighted by atomic mass is 10.1. The van der Waals surface area contributed by atoms with Crippen LogP contribution < -0.4 is 0 Å². The number of methoxy groups -OCH3 is 1. The lowest BCUT2D eigenvalue weighted by molar-refractivity contribution is -0.140. The number of benzene rings is 1. The Kier molecular flexibility index (Phi) is 4.26. The number of isocyanates is 1. The summed E-state index contributed by atoms with van der Waals surface area (Å²) in [5, 5.41) is 0. The second-order valence-electron chi connectivity index (χ2n) is 2.95. The summed E-state index contributed by atoms with van der Waals surface area (Å²) in [5.74, 6) is -0.231. The third kappa shape index (κ3) is 3.75. The monoisotopic (exact) mass is 205 g/mol. The summed E-state index contributed by atoms with van der Waals surface area (Å²) in [6.07, 6.45) is 2.44. The molecule has 0 amide bonds. The molecule has 15 heavy (non-hydrogen) atoms. The standard InChI is InChI=1S/C11H11NO3/c1-15-11(14)7-4-9-2-5-10(6-3-9)12-8-13/h2-3,5-6H,4,7H2,1H3. The predicted molar refractivity (Wildman–Crippen MR) is 54.6 cm³/mol. The van der Waals surface area contributed by atoms with Crippen LogP contribution in [0.25, 0.3) is 0 Å². The minimum absolute atomic E-state index is 0.231. The van der Waals surface area contributed by atoms with E-state index in [0.717, 1.165) is 5.56 Å². The normalized spacial score (nSPS) is 9.13. The van der Waals surface area contributed by atoms with Crippen LogP contribution in [-0.2, 0) is 20.7 Å². The zero-order valence-electron chi connectivity index (χ0n) is 8.40. The van der Waals surface area contributed by atoms with Crippen molar-refractivity contribution < 1.29 is 14.3 Å². The summed E-state index contributed by atoms with van der Waals surface area (Å²) in [5.41, 5.74) is 1.57. The number of carbonyl (C=O) groups excluding carboxylic acids is 2. The molecule has 0 atom stereocenters. The molecule has 0 unspecified atom stereocenters. The van der Waals surface area contributed by atoms with Gasteiger partial charge in [0, 0.05) is 6.42 Å². The number of ether oxygens (including phenoxy) is 1. The van der Waals surface area contributed by atoms with E-state index >= 15 is 0 Å². The van der Waals surface area contributed by atoms with Crippen LogP contribution in [-0.4, -0.2) is 19.2 Å². The van der Waals surface area contributed by atoms with Crippen LogP contribution in [0.3, 0.4) is 0 Å². The zero-order chi connectivity index (χ0) is 11.1. The Labute approximate surface area is 87.6 Å². The molecule has 0 aliphatic carbocycles. The van der Waals surface area contributed by atoms with Crippen molar-refractivity contribution >= 4 is 17.7 Å². The third-order valence-electron chi connectivity index (χ3n) is 1.96. The highest BCUT2D eigenvalue weighted by molar-refractivity contribution is 5.69. The Balaban J connectivity index is 2.56. The van der Waals surface area contributed by atoms with Crippen molar-refractivity contribution in [3.63, 3.8) is 0 Å². The van der Waals surface area contributed by atoms with Crippen LogP contribution in [0.1, 0.15) is 12.0 Å². The summed E-state index contributed by atoms with van der Waals surface area (Å²) >= 11 is 0. The number of nitrogens with zero attached hydrogens (tertiary/aromatic N) is 1. The van der Waals surface area contributed by atoms with Crippen LogP contribution in [0, 0.1) is 0 Å². The average molecular weight is 205 g/mol. The fourth-order valence-electron chi connectivity index (χ4n) is 1.14. The van der Waals surface area contributed by atoms with Gasteiger partial charge in [-0.15, -0.1) is 0 Å². The largest absolute Gasteiger partial charge is 0.469 e. The summed E-state index contributed by atoms with van der Waals surface area (Å²) in [7, 11) is 1.37. The maximum Gasteiger partial charge on any atom is 0.305 e. The second-order valence-corrected chi connectivity index (χ2v) is 2.95. The van der Waals surface area contributed by atoms with E-state index in [0.29, 0.717) is 18.5 Å². The highest BCUT2D eigenvalue weighted by Gasteiger charge is 2.00. The first-order chi connectivity index (χ1) is 7.26. The zero-order valence-corrected chi connectivity index (χ0v) is 8.40. The van der Waals surface area contributed by atoms with Crippen LogP contribution in [0.4, 0.5) is 5.69 Å². The van der Waals surface area contributed by atoms with Gasteiger partial charge in [-0.25, -0.2) is 4.79 Å². The second kappa shape index (κ2) is 5.73. The molecule has 1 rings (SSSR count). The molecule has 0 heterocycles. The number of rotatable bonds is 4. The van der Waals surface area contributed by atoms with Crippen LogP contribution in [0.15, 0.2) is 29.3 Å². The average Bonchev–Trinajstić information content (AvgIpc) is 2.28. The first-order valence-corrected chi connectivity index (χ1v) is 4.50. The lowest BCUT2D eigenvalue weighted by Crippen LogP contribution is -2.01. The van der Waals surface area contributed by atoms with E-state index in [4.69, 9.17) is 0 Å². The van der Waals surface area contributed by atoms with Crippen LogP contribution >= 0.6 is 0 Å². The Morgan fingerprint density at radius 3 is 2.60 bits per heavy atom. The van der Waals surface area contributed by atoms with Gasteiger partial charge in [0.2, 0.25) is 6.08 Å². The van der Waals surface area contributed by atoms with Gasteiger partial charge < -0.3 is 4.74 Å². The molecule has 0 aliphatic heterocycles. The van der Waals surface area contributed by atoms with Crippen molar-refractivity contribution in [3.8, 4) is 0 Å². The van der Waals surface area contributed by atoms with Crippen molar-refractivity contribution in [2.45, 2.75) is 12.8 Å². The molecule has 0 saturated heterocycles. The van der Waals surface area contributed by atoms with E-state index in [1.165, 1.54) is 13.2 Å². The molecule has 1 aromatic rings. The van der Waals surface area contributed by atoms with E-state index in [-0.39, 0.29) is 5.97 Å². The molecular weight excluding hydrogens is 194 g/mol. The number of hydrogen-bond acceptors (Lipinski definition) is 4. The third-order valence-corrected chi connectivity index (χ3v) is 1.96. The molecule has 0 bridgehead atoms. The molecule has 78 valence electrons. The number of carbonyl (C=O) groups is 1. The van der Waals surface area contributed by atoms with E-state index in [2.05, 4.69) is 9.73 Å². The van der Waals surface area contributed by atoms with Gasteiger partial charge in [-0.05, 0) is 24.1 Å². The molecule has 0 N–H and O–H groups in total. The van der Waals surface area contributed by atoms with Crippen molar-refractivity contribution in [2.24, 2.45) is 4.99 Å². The minimum Gasteiger partial charge on any atom is -0.469 e. The highest BCUT2D eigenvalue weighted by atomic mass is 16.5. The topological polar surface area (TPSA) is 55.7 Å². The van der Waals surface area contributed by atoms with Gasteiger partial charge in [0.1, 0.15) is 0 Å². The Hall–Kier alpha value is -1.93. The Morgan fingerprint density at radius 2 is 2.07 bits per heavy atom. The van der Waals surface area contributed by atoms with Crippen LogP contribution in [0.2, 0.25) is 0 Å². The molecule has 0 fully saturated rings. The Morgan fingerprint density at radius 1 is 1.40 bits per heavy atom. The summed E-state index contributed by atoms with van der Waals surface area (Å²) in [4.78, 5) is 24.3. The number of esters is 1. The van der Waals surface area contributed by atoms with E-state index < -0.39 is 0 Å². The maximum absolute atomic E-state index is 10.9. The van der Waals surface area contributed by atoms with Gasteiger partial charge in [0.15, 0.2) is 0 Å². The lowest BCUT2D eigenvalue weighted by Gasteiger charge is -2.00. The molecule has 0 spiro atoms. The molecule has 0 aliphatic rings. The number of aliphatic imine (C=N–C) groups is 1. The number of aryl methyl sites for hydroxylation is 1. The molecule has 1 aromatic carbocycles. The Bertz CT molecular complexity index is 377. The van der Waals surface area contributed by atoms with Crippen LogP contribution in [0.5, 0.6) is 0 Å². The van der Waals surface area contributed by atoms with Gasteiger partial charge in [-0.2, -0.15) is 4.99 Å². The summed E-state index contributed by atoms with van der Waals surface area (Å²) < 4.78 is 4.53. The van der Waals surface area contributed by atoms with E-state index in [1.807, 2.05) is 12.1 Å². The molecular formula is C11H11NO3. The SMILES string of the molecule is COC(=O)CCc1ccc(N=C=O)cc1. The molecule has 4 heteroatoms. The van der Waals surface area contributed by atoms with Gasteiger partial charge >= 0.3 is 5.97 Å².